The van der Waals surface area contributed by atoms with Crippen molar-refractivity contribution < 1.29 is 10.0 Å². The van der Waals surface area contributed by atoms with Crippen LogP contribution in [0.2, 0.25) is 0 Å². The number of aliphatic hydroxyl groups is 1. The summed E-state index contributed by atoms with van der Waals surface area (Å²) >= 11 is 0. The van der Waals surface area contributed by atoms with Crippen LogP contribution >= 0.6 is 0 Å². The van der Waals surface area contributed by atoms with Crippen LogP contribution in [0.4, 0.5) is 5.82 Å². The van der Waals surface area contributed by atoms with Crippen LogP contribution in [0.5, 0.6) is 0 Å². The van der Waals surface area contributed by atoms with Gasteiger partial charge in [0, 0.05) is 0 Å². The lowest BCUT2D eigenvalue weighted by molar-refractivity contribution is -0.390. The van der Waals surface area contributed by atoms with Crippen molar-refractivity contribution in [2.24, 2.45) is 0 Å². The molecule has 10 heavy (non-hydrogen) atoms. The van der Waals surface area contributed by atoms with Crippen LogP contribution in [-0.2, 0) is 6.61 Å². The number of nitrogens with one attached hydrogen (secondary N) is 1. The van der Waals surface area contributed by atoms with E-state index in [1.807, 2.05) is 0 Å². The first-order valence-corrected chi connectivity index (χ1v) is 2.53. The Morgan fingerprint density at radius 1 is 1.90 bits per heavy atom. The third kappa shape index (κ3) is 0.960. The van der Waals surface area contributed by atoms with Gasteiger partial charge in [-0.15, -0.1) is 0 Å². The van der Waals surface area contributed by atoms with Crippen LogP contribution in [0.15, 0.2) is 6.33 Å². The molecule has 54 valence electrons. The molecule has 6 nitrogen and oxygen atoms in total. The maximum Gasteiger partial charge on any atom is 0.346 e. The van der Waals surface area contributed by atoms with Crippen LogP contribution in [0.3, 0.4) is 0 Å². The number of H-pyrrole nitrogens is 1. The van der Waals surface area contributed by atoms with Crippen molar-refractivity contribution in [3.05, 3.63) is 22.1 Å². The van der Waals surface area contributed by atoms with Crippen LogP contribution in [-0.4, -0.2) is 20.0 Å². The SMILES string of the molecule is O=[N+]([O-])c1[nH]cnc1CO. The molecule has 0 amide bonds. The molecule has 1 rings (SSSR count). The molecule has 0 aliphatic heterocycles. The minimum Gasteiger partial charge on any atom is -0.390 e. The molecule has 1 heterocycles. The van der Waals surface area contributed by atoms with Gasteiger partial charge in [0.2, 0.25) is 0 Å². The second-order valence-corrected chi connectivity index (χ2v) is 1.61. The van der Waals surface area contributed by atoms with Crippen molar-refractivity contribution in [3.63, 3.8) is 0 Å². The lowest BCUT2D eigenvalue weighted by atomic mass is 10.5. The van der Waals surface area contributed by atoms with E-state index in [9.17, 15) is 10.1 Å². The fraction of sp³-hybridized carbons (Fsp3) is 0.250. The Balaban J connectivity index is 3.01. The first-order chi connectivity index (χ1) is 4.75. The predicted molar refractivity (Wildman–Crippen MR) is 31.2 cm³/mol. The fourth-order valence-corrected chi connectivity index (χ4v) is 0.590. The van der Waals surface area contributed by atoms with Crippen molar-refractivity contribution in [1.82, 2.24) is 9.97 Å². The smallest absolute Gasteiger partial charge is 0.346 e. The van der Waals surface area contributed by atoms with E-state index >= 15 is 0 Å². The standard InChI is InChI=1S/C4H5N3O3/c8-1-3-4(7(9)10)6-2-5-3/h2,8H,1H2,(H,5,6). The second-order valence-electron chi connectivity index (χ2n) is 1.61. The number of rotatable bonds is 2. The molecule has 0 aliphatic rings. The molecule has 1 aromatic rings. The summed E-state index contributed by atoms with van der Waals surface area (Å²) in [5, 5.41) is 18.5. The van der Waals surface area contributed by atoms with E-state index in [0.29, 0.717) is 0 Å². The molecule has 0 aromatic carbocycles. The monoisotopic (exact) mass is 143 g/mol. The average Bonchev–Trinajstić information content (AvgIpc) is 2.33. The Morgan fingerprint density at radius 2 is 2.60 bits per heavy atom. The molecule has 0 unspecified atom stereocenters. The van der Waals surface area contributed by atoms with Crippen molar-refractivity contribution in [3.8, 4) is 0 Å². The number of nitrogens with zero attached hydrogens (tertiary/aromatic N) is 2. The normalized spacial score (nSPS) is 9.70. The van der Waals surface area contributed by atoms with Crippen LogP contribution in [0.1, 0.15) is 5.69 Å². The third-order valence-electron chi connectivity index (χ3n) is 1.03. The van der Waals surface area contributed by atoms with Gasteiger partial charge in [-0.3, -0.25) is 0 Å². The lowest BCUT2D eigenvalue weighted by Gasteiger charge is -1.90. The number of aromatic amines is 1. The third-order valence-corrected chi connectivity index (χ3v) is 1.03. The van der Waals surface area contributed by atoms with Gasteiger partial charge in [-0.25, -0.2) is 9.97 Å². The number of imidazole rings is 1. The van der Waals surface area contributed by atoms with E-state index in [1.165, 1.54) is 6.33 Å². The molecule has 0 fully saturated rings. The van der Waals surface area contributed by atoms with Crippen molar-refractivity contribution in [2.75, 3.05) is 0 Å². The van der Waals surface area contributed by atoms with Gasteiger partial charge in [0.1, 0.15) is 0 Å². The fourth-order valence-electron chi connectivity index (χ4n) is 0.590. The molecule has 0 saturated heterocycles. The Hall–Kier alpha value is -1.43. The van der Waals surface area contributed by atoms with E-state index < -0.39 is 11.5 Å². The molecule has 2 N–H and O–H groups in total. The largest absolute Gasteiger partial charge is 0.390 e. The highest BCUT2D eigenvalue weighted by Crippen LogP contribution is 2.10. The highest BCUT2D eigenvalue weighted by atomic mass is 16.6. The van der Waals surface area contributed by atoms with Crippen LogP contribution in [0, 0.1) is 10.1 Å². The Labute approximate surface area is 55.7 Å². The molecule has 0 bridgehead atoms. The average molecular weight is 143 g/mol. The minimum absolute atomic E-state index is 0.0602. The first kappa shape index (κ1) is 6.69. The maximum atomic E-state index is 10.1. The van der Waals surface area contributed by atoms with Gasteiger partial charge in [-0.05, 0) is 4.92 Å². The highest BCUT2D eigenvalue weighted by Gasteiger charge is 2.12. The van der Waals surface area contributed by atoms with Crippen molar-refractivity contribution >= 4 is 5.82 Å². The summed E-state index contributed by atoms with van der Waals surface area (Å²) in [6.45, 7) is -0.417. The predicted octanol–water partition coefficient (Wildman–Crippen LogP) is -0.190. The molecule has 0 atom stereocenters. The summed E-state index contributed by atoms with van der Waals surface area (Å²) < 4.78 is 0. The van der Waals surface area contributed by atoms with E-state index in [-0.39, 0.29) is 11.5 Å². The molecular formula is C4H5N3O3. The van der Waals surface area contributed by atoms with E-state index in [0.717, 1.165) is 0 Å². The molecule has 0 radical (unpaired) electrons. The van der Waals surface area contributed by atoms with Gasteiger partial charge in [0.05, 0.1) is 6.61 Å². The molecule has 1 aromatic heterocycles. The summed E-state index contributed by atoms with van der Waals surface area (Å²) in [6.07, 6.45) is 1.17. The van der Waals surface area contributed by atoms with Gasteiger partial charge in [-0.1, -0.05) is 0 Å². The zero-order valence-electron chi connectivity index (χ0n) is 4.94. The summed E-state index contributed by atoms with van der Waals surface area (Å²) in [6, 6.07) is 0. The summed E-state index contributed by atoms with van der Waals surface area (Å²) in [5.41, 5.74) is 0.0602. The Kier molecular flexibility index (Phi) is 1.63. The lowest BCUT2D eigenvalue weighted by Crippen LogP contribution is -1.93. The van der Waals surface area contributed by atoms with Crippen molar-refractivity contribution in [1.29, 1.82) is 0 Å². The van der Waals surface area contributed by atoms with Crippen LogP contribution < -0.4 is 0 Å². The zero-order valence-corrected chi connectivity index (χ0v) is 4.94. The van der Waals surface area contributed by atoms with Gasteiger partial charge >= 0.3 is 5.82 Å². The Morgan fingerprint density at radius 3 is 3.00 bits per heavy atom. The topological polar surface area (TPSA) is 92.0 Å². The van der Waals surface area contributed by atoms with E-state index in [4.69, 9.17) is 5.11 Å². The second kappa shape index (κ2) is 2.44. The first-order valence-electron chi connectivity index (χ1n) is 2.53. The minimum atomic E-state index is -0.626. The number of hydrogen-bond donors (Lipinski definition) is 2. The number of aliphatic hydroxyl groups excluding tert-OH is 1. The summed E-state index contributed by atoms with van der Waals surface area (Å²) in [5.74, 6) is -0.248. The van der Waals surface area contributed by atoms with Gasteiger partial charge in [-0.2, -0.15) is 0 Å². The zero-order chi connectivity index (χ0) is 7.56. The van der Waals surface area contributed by atoms with Crippen LogP contribution in [0.25, 0.3) is 0 Å². The van der Waals surface area contributed by atoms with E-state index in [2.05, 4.69) is 9.97 Å². The molecule has 0 saturated carbocycles. The van der Waals surface area contributed by atoms with E-state index in [1.54, 1.807) is 0 Å². The number of hydrogen-bond acceptors (Lipinski definition) is 4. The molecular weight excluding hydrogens is 138 g/mol. The number of aromatic nitrogens is 2. The summed E-state index contributed by atoms with van der Waals surface area (Å²) in [7, 11) is 0. The van der Waals surface area contributed by atoms with Crippen molar-refractivity contribution in [2.45, 2.75) is 6.61 Å². The quantitative estimate of drug-likeness (QED) is 0.443. The Bertz CT molecular complexity index is 244. The molecule has 0 aliphatic carbocycles. The van der Waals surface area contributed by atoms with Gasteiger partial charge in [0.15, 0.2) is 12.0 Å². The van der Waals surface area contributed by atoms with Gasteiger partial charge < -0.3 is 15.2 Å². The molecule has 6 heteroatoms. The highest BCUT2D eigenvalue weighted by molar-refractivity contribution is 5.24. The molecule has 0 spiro atoms. The number of nitro groups is 1. The maximum absolute atomic E-state index is 10.1. The van der Waals surface area contributed by atoms with Gasteiger partial charge in [0.25, 0.3) is 0 Å². The summed E-state index contributed by atoms with van der Waals surface area (Å²) in [4.78, 5) is 15.2.